The van der Waals surface area contributed by atoms with Gasteiger partial charge in [-0.25, -0.2) is 4.39 Å². The fourth-order valence-corrected chi connectivity index (χ4v) is 2.23. The van der Waals surface area contributed by atoms with Crippen LogP contribution in [0.5, 0.6) is 5.75 Å². The van der Waals surface area contributed by atoms with Crippen LogP contribution >= 0.6 is 0 Å². The zero-order chi connectivity index (χ0) is 12.3. The van der Waals surface area contributed by atoms with E-state index in [-0.39, 0.29) is 11.2 Å². The molecule has 0 heterocycles. The molecule has 0 bridgehead atoms. The highest BCUT2D eigenvalue weighted by Gasteiger charge is 2.20. The van der Waals surface area contributed by atoms with Gasteiger partial charge >= 0.3 is 7.12 Å². The lowest BCUT2D eigenvalue weighted by Gasteiger charge is -2.14. The molecule has 1 saturated carbocycles. The molecule has 0 spiro atoms. The van der Waals surface area contributed by atoms with Crippen molar-refractivity contribution in [1.82, 2.24) is 0 Å². The van der Waals surface area contributed by atoms with Crippen molar-refractivity contribution in [3.05, 3.63) is 24.0 Å². The Morgan fingerprint density at radius 1 is 1.29 bits per heavy atom. The summed E-state index contributed by atoms with van der Waals surface area (Å²) in [7, 11) is -1.63. The second kappa shape index (κ2) is 5.51. The number of benzene rings is 1. The molecule has 1 aromatic rings. The molecule has 3 nitrogen and oxygen atoms in total. The van der Waals surface area contributed by atoms with E-state index in [0.29, 0.717) is 12.5 Å². The Kier molecular flexibility index (Phi) is 4.02. The average Bonchev–Trinajstić information content (AvgIpc) is 2.78. The highest BCUT2D eigenvalue weighted by atomic mass is 19.1. The van der Waals surface area contributed by atoms with Crippen LogP contribution in [0.4, 0.5) is 4.39 Å². The van der Waals surface area contributed by atoms with E-state index in [9.17, 15) is 4.39 Å². The maximum absolute atomic E-state index is 13.1. The van der Waals surface area contributed by atoms with Crippen LogP contribution in [0.1, 0.15) is 25.7 Å². The molecule has 2 rings (SSSR count). The van der Waals surface area contributed by atoms with Gasteiger partial charge in [-0.1, -0.05) is 18.9 Å². The minimum Gasteiger partial charge on any atom is -0.494 e. The van der Waals surface area contributed by atoms with E-state index in [2.05, 4.69) is 0 Å². The maximum atomic E-state index is 13.1. The summed E-state index contributed by atoms with van der Waals surface area (Å²) in [6.07, 6.45) is 4.69. The Balaban J connectivity index is 2.04. The van der Waals surface area contributed by atoms with Crippen LogP contribution in [0, 0.1) is 11.7 Å². The molecule has 1 aromatic carbocycles. The first-order valence-electron chi connectivity index (χ1n) is 5.95. The third-order valence-corrected chi connectivity index (χ3v) is 3.20. The van der Waals surface area contributed by atoms with Gasteiger partial charge in [0.1, 0.15) is 11.6 Å². The lowest BCUT2D eigenvalue weighted by molar-refractivity contribution is 0.252. The Morgan fingerprint density at radius 2 is 2.00 bits per heavy atom. The third kappa shape index (κ3) is 3.20. The molecule has 0 radical (unpaired) electrons. The first-order chi connectivity index (χ1) is 8.16. The van der Waals surface area contributed by atoms with Gasteiger partial charge in [0.2, 0.25) is 0 Å². The van der Waals surface area contributed by atoms with Crippen LogP contribution in [-0.4, -0.2) is 23.8 Å². The summed E-state index contributed by atoms with van der Waals surface area (Å²) in [4.78, 5) is 0. The van der Waals surface area contributed by atoms with Crippen molar-refractivity contribution in [2.45, 2.75) is 25.7 Å². The van der Waals surface area contributed by atoms with Crippen LogP contribution in [0.15, 0.2) is 18.2 Å². The minimum atomic E-state index is -1.63. The lowest BCUT2D eigenvalue weighted by atomic mass is 9.79. The molecular weight excluding hydrogens is 222 g/mol. The summed E-state index contributed by atoms with van der Waals surface area (Å²) in [5, 5.41) is 18.3. The lowest BCUT2D eigenvalue weighted by Crippen LogP contribution is -2.32. The highest BCUT2D eigenvalue weighted by Crippen LogP contribution is 2.25. The molecule has 0 aliphatic heterocycles. The van der Waals surface area contributed by atoms with Crippen LogP contribution in [0.2, 0.25) is 0 Å². The third-order valence-electron chi connectivity index (χ3n) is 3.20. The number of hydrogen-bond donors (Lipinski definition) is 2. The summed E-state index contributed by atoms with van der Waals surface area (Å²) < 4.78 is 18.6. The second-order valence-corrected chi connectivity index (χ2v) is 4.52. The zero-order valence-electron chi connectivity index (χ0n) is 9.60. The van der Waals surface area contributed by atoms with Gasteiger partial charge < -0.3 is 14.8 Å². The van der Waals surface area contributed by atoms with Crippen LogP contribution in [-0.2, 0) is 0 Å². The molecule has 1 aliphatic carbocycles. The second-order valence-electron chi connectivity index (χ2n) is 4.52. The first-order valence-corrected chi connectivity index (χ1v) is 5.95. The van der Waals surface area contributed by atoms with E-state index in [4.69, 9.17) is 14.8 Å². The predicted octanol–water partition coefficient (Wildman–Crippen LogP) is 1.07. The van der Waals surface area contributed by atoms with Crippen molar-refractivity contribution < 1.29 is 19.2 Å². The predicted molar refractivity (Wildman–Crippen MR) is 63.7 cm³/mol. The van der Waals surface area contributed by atoms with Crippen molar-refractivity contribution in [3.8, 4) is 5.75 Å². The molecule has 0 amide bonds. The zero-order valence-corrected chi connectivity index (χ0v) is 9.60. The largest absolute Gasteiger partial charge is 0.494 e. The monoisotopic (exact) mass is 238 g/mol. The molecule has 92 valence electrons. The summed E-state index contributed by atoms with van der Waals surface area (Å²) in [6, 6.07) is 3.73. The molecule has 0 atom stereocenters. The summed E-state index contributed by atoms with van der Waals surface area (Å²) in [5.41, 5.74) is 0.212. The molecule has 5 heteroatoms. The summed E-state index contributed by atoms with van der Waals surface area (Å²) in [6.45, 7) is 0.517. The van der Waals surface area contributed by atoms with Gasteiger partial charge in [0, 0.05) is 11.5 Å². The fourth-order valence-electron chi connectivity index (χ4n) is 2.23. The maximum Gasteiger partial charge on any atom is 0.492 e. The molecule has 0 unspecified atom stereocenters. The molecule has 17 heavy (non-hydrogen) atoms. The SMILES string of the molecule is OB(O)c1ccc(F)cc1OCC1CCCC1. The van der Waals surface area contributed by atoms with E-state index in [0.717, 1.165) is 12.8 Å². The van der Waals surface area contributed by atoms with Crippen LogP contribution < -0.4 is 10.2 Å². The van der Waals surface area contributed by atoms with Crippen molar-refractivity contribution in [2.75, 3.05) is 6.61 Å². The van der Waals surface area contributed by atoms with Gasteiger partial charge in [-0.05, 0) is 24.8 Å². The molecule has 0 saturated heterocycles. The molecule has 2 N–H and O–H groups in total. The Morgan fingerprint density at radius 3 is 2.65 bits per heavy atom. The highest BCUT2D eigenvalue weighted by molar-refractivity contribution is 6.59. The normalized spacial score (nSPS) is 16.2. The molecule has 1 aliphatic rings. The van der Waals surface area contributed by atoms with Crippen LogP contribution in [0.3, 0.4) is 0 Å². The standard InChI is InChI=1S/C12H16BFO3/c14-10-5-6-11(13(15)16)12(7-10)17-8-9-3-1-2-4-9/h5-7,9,15-16H,1-4,8H2. The van der Waals surface area contributed by atoms with Crippen molar-refractivity contribution >= 4 is 12.6 Å². The first kappa shape index (κ1) is 12.4. The van der Waals surface area contributed by atoms with Gasteiger partial charge in [0.25, 0.3) is 0 Å². The number of hydrogen-bond acceptors (Lipinski definition) is 3. The van der Waals surface area contributed by atoms with Gasteiger partial charge in [0.15, 0.2) is 0 Å². The minimum absolute atomic E-state index is 0.212. The summed E-state index contributed by atoms with van der Waals surface area (Å²) in [5.74, 6) is 0.296. The fraction of sp³-hybridized carbons (Fsp3) is 0.500. The van der Waals surface area contributed by atoms with E-state index in [1.165, 1.54) is 31.0 Å². The Hall–Kier alpha value is -1.07. The molecule has 1 fully saturated rings. The average molecular weight is 238 g/mol. The van der Waals surface area contributed by atoms with Gasteiger partial charge in [-0.3, -0.25) is 0 Å². The van der Waals surface area contributed by atoms with Crippen molar-refractivity contribution in [2.24, 2.45) is 5.92 Å². The van der Waals surface area contributed by atoms with E-state index in [1.807, 2.05) is 0 Å². The van der Waals surface area contributed by atoms with Gasteiger partial charge in [-0.15, -0.1) is 0 Å². The van der Waals surface area contributed by atoms with Gasteiger partial charge in [-0.2, -0.15) is 0 Å². The topological polar surface area (TPSA) is 49.7 Å². The van der Waals surface area contributed by atoms with Crippen LogP contribution in [0.25, 0.3) is 0 Å². The van der Waals surface area contributed by atoms with Crippen molar-refractivity contribution in [3.63, 3.8) is 0 Å². The molecular formula is C12H16BFO3. The summed E-state index contributed by atoms with van der Waals surface area (Å²) >= 11 is 0. The van der Waals surface area contributed by atoms with Crippen molar-refractivity contribution in [1.29, 1.82) is 0 Å². The Labute approximate surface area is 100 Å². The Bertz CT molecular complexity index is 378. The van der Waals surface area contributed by atoms with E-state index < -0.39 is 12.9 Å². The number of halogens is 1. The van der Waals surface area contributed by atoms with Gasteiger partial charge in [0.05, 0.1) is 6.61 Å². The molecule has 0 aromatic heterocycles. The van der Waals surface area contributed by atoms with E-state index >= 15 is 0 Å². The number of ether oxygens (including phenoxy) is 1. The number of rotatable bonds is 4. The quantitative estimate of drug-likeness (QED) is 0.771. The smallest absolute Gasteiger partial charge is 0.492 e. The van der Waals surface area contributed by atoms with E-state index in [1.54, 1.807) is 0 Å².